The van der Waals surface area contributed by atoms with Crippen LogP contribution in [-0.4, -0.2) is 9.55 Å². The largest absolute Gasteiger partial charge is 0.337 e. The summed E-state index contributed by atoms with van der Waals surface area (Å²) < 4.78 is 3.13. The Morgan fingerprint density at radius 2 is 2.38 bits per heavy atom. The molecule has 1 N–H and O–H groups in total. The maximum absolute atomic E-state index is 5.22. The molecule has 0 bridgehead atoms. The van der Waals surface area contributed by atoms with E-state index in [0.29, 0.717) is 0 Å². The minimum absolute atomic E-state index is 0.887. The molecule has 1 saturated carbocycles. The van der Waals surface area contributed by atoms with Gasteiger partial charge < -0.3 is 9.55 Å². The van der Waals surface area contributed by atoms with Crippen LogP contribution in [0.3, 0.4) is 0 Å². The van der Waals surface area contributed by atoms with Crippen LogP contribution in [0, 0.1) is 10.7 Å². The summed E-state index contributed by atoms with van der Waals surface area (Å²) in [4.78, 5) is 3.11. The van der Waals surface area contributed by atoms with Gasteiger partial charge in [-0.1, -0.05) is 19.8 Å². The van der Waals surface area contributed by atoms with Gasteiger partial charge >= 0.3 is 0 Å². The SMILES string of the molecule is CCc1c[nH]c(=S)n1CCC1CC1. The van der Waals surface area contributed by atoms with Gasteiger partial charge in [0.15, 0.2) is 4.77 Å². The molecule has 0 saturated heterocycles. The van der Waals surface area contributed by atoms with Crippen LogP contribution in [0.2, 0.25) is 0 Å². The summed E-state index contributed by atoms with van der Waals surface area (Å²) in [5.74, 6) is 0.988. The predicted octanol–water partition coefficient (Wildman–Crippen LogP) is 2.91. The van der Waals surface area contributed by atoms with E-state index in [1.807, 2.05) is 6.20 Å². The van der Waals surface area contributed by atoms with E-state index in [0.717, 1.165) is 23.7 Å². The van der Waals surface area contributed by atoms with Crippen LogP contribution in [0.4, 0.5) is 0 Å². The molecule has 2 nitrogen and oxygen atoms in total. The first kappa shape index (κ1) is 9.00. The van der Waals surface area contributed by atoms with Gasteiger partial charge in [0.1, 0.15) is 0 Å². The molecule has 0 amide bonds. The van der Waals surface area contributed by atoms with Gasteiger partial charge in [0.2, 0.25) is 0 Å². The van der Waals surface area contributed by atoms with Crippen LogP contribution in [0.1, 0.15) is 31.9 Å². The fourth-order valence-electron chi connectivity index (χ4n) is 1.69. The third-order valence-corrected chi connectivity index (χ3v) is 3.11. The van der Waals surface area contributed by atoms with Crippen LogP contribution in [0.15, 0.2) is 6.20 Å². The summed E-state index contributed by atoms with van der Waals surface area (Å²) in [6.07, 6.45) is 7.27. The normalized spacial score (nSPS) is 16.4. The first-order valence-electron chi connectivity index (χ1n) is 5.08. The maximum atomic E-state index is 5.22. The molecule has 0 radical (unpaired) electrons. The minimum atomic E-state index is 0.887. The van der Waals surface area contributed by atoms with Crippen molar-refractivity contribution in [3.8, 4) is 0 Å². The molecule has 13 heavy (non-hydrogen) atoms. The fourth-order valence-corrected chi connectivity index (χ4v) is 1.96. The molecule has 2 rings (SSSR count). The van der Waals surface area contributed by atoms with E-state index in [1.165, 1.54) is 25.0 Å². The van der Waals surface area contributed by atoms with Crippen LogP contribution < -0.4 is 0 Å². The number of imidazole rings is 1. The monoisotopic (exact) mass is 196 g/mol. The van der Waals surface area contributed by atoms with Gasteiger partial charge in [0.05, 0.1) is 0 Å². The third kappa shape index (κ3) is 2.02. The van der Waals surface area contributed by atoms with Crippen LogP contribution >= 0.6 is 12.2 Å². The number of nitrogens with one attached hydrogen (secondary N) is 1. The second-order valence-corrected chi connectivity index (χ2v) is 4.21. The molecule has 0 aromatic carbocycles. The number of nitrogens with zero attached hydrogens (tertiary/aromatic N) is 1. The molecule has 1 heterocycles. The molecule has 1 aliphatic rings. The van der Waals surface area contributed by atoms with Gasteiger partial charge in [-0.15, -0.1) is 0 Å². The Balaban J connectivity index is 2.06. The summed E-state index contributed by atoms with van der Waals surface area (Å²) in [5, 5.41) is 0. The van der Waals surface area contributed by atoms with E-state index in [1.54, 1.807) is 0 Å². The Labute approximate surface area is 84.0 Å². The molecule has 1 aliphatic carbocycles. The number of aromatic nitrogens is 2. The molecular weight excluding hydrogens is 180 g/mol. The highest BCUT2D eigenvalue weighted by Gasteiger charge is 2.20. The second-order valence-electron chi connectivity index (χ2n) is 3.82. The quantitative estimate of drug-likeness (QED) is 0.734. The molecule has 3 heteroatoms. The lowest BCUT2D eigenvalue weighted by molar-refractivity contribution is 0.575. The van der Waals surface area contributed by atoms with Crippen molar-refractivity contribution in [1.29, 1.82) is 0 Å². The van der Waals surface area contributed by atoms with E-state index in [-0.39, 0.29) is 0 Å². The first-order valence-corrected chi connectivity index (χ1v) is 5.49. The molecule has 0 aliphatic heterocycles. The molecule has 0 unspecified atom stereocenters. The lowest BCUT2D eigenvalue weighted by Crippen LogP contribution is -2.02. The molecule has 72 valence electrons. The van der Waals surface area contributed by atoms with E-state index in [2.05, 4.69) is 16.5 Å². The Kier molecular flexibility index (Phi) is 2.54. The Bertz CT molecular complexity index is 333. The van der Waals surface area contributed by atoms with Crippen LogP contribution in [0.5, 0.6) is 0 Å². The zero-order chi connectivity index (χ0) is 9.26. The van der Waals surface area contributed by atoms with E-state index in [9.17, 15) is 0 Å². The van der Waals surface area contributed by atoms with Crippen molar-refractivity contribution in [1.82, 2.24) is 9.55 Å². The Morgan fingerprint density at radius 1 is 1.62 bits per heavy atom. The molecule has 1 fully saturated rings. The van der Waals surface area contributed by atoms with Crippen molar-refractivity contribution >= 4 is 12.2 Å². The van der Waals surface area contributed by atoms with E-state index >= 15 is 0 Å². The van der Waals surface area contributed by atoms with Crippen LogP contribution in [-0.2, 0) is 13.0 Å². The van der Waals surface area contributed by atoms with Crippen molar-refractivity contribution in [2.24, 2.45) is 5.92 Å². The number of hydrogen-bond acceptors (Lipinski definition) is 1. The van der Waals surface area contributed by atoms with Gasteiger partial charge in [-0.05, 0) is 31.0 Å². The summed E-state index contributed by atoms with van der Waals surface area (Å²) in [7, 11) is 0. The van der Waals surface area contributed by atoms with Crippen molar-refractivity contribution in [2.75, 3.05) is 0 Å². The molecular formula is C10H16N2S. The number of H-pyrrole nitrogens is 1. The number of hydrogen-bond donors (Lipinski definition) is 1. The standard InChI is InChI=1S/C10H16N2S/c1-2-9-7-11-10(13)12(9)6-5-8-3-4-8/h7-8H,2-6H2,1H3,(H,11,13). The zero-order valence-corrected chi connectivity index (χ0v) is 8.86. The predicted molar refractivity (Wildman–Crippen MR) is 56.3 cm³/mol. The van der Waals surface area contributed by atoms with Crippen molar-refractivity contribution in [2.45, 2.75) is 39.2 Å². The summed E-state index contributed by atoms with van der Waals surface area (Å²) in [6.45, 7) is 3.28. The second kappa shape index (κ2) is 3.66. The number of aromatic amines is 1. The summed E-state index contributed by atoms with van der Waals surface area (Å²) in [6, 6.07) is 0. The molecule has 0 spiro atoms. The first-order chi connectivity index (χ1) is 6.31. The van der Waals surface area contributed by atoms with Crippen molar-refractivity contribution < 1.29 is 0 Å². The molecule has 1 aromatic rings. The Morgan fingerprint density at radius 3 is 3.00 bits per heavy atom. The van der Waals surface area contributed by atoms with Crippen LogP contribution in [0.25, 0.3) is 0 Å². The van der Waals surface area contributed by atoms with Gasteiger partial charge in [0, 0.05) is 18.4 Å². The minimum Gasteiger partial charge on any atom is -0.337 e. The highest BCUT2D eigenvalue weighted by atomic mass is 32.1. The summed E-state index contributed by atoms with van der Waals surface area (Å²) in [5.41, 5.74) is 1.34. The topological polar surface area (TPSA) is 20.7 Å². The summed E-state index contributed by atoms with van der Waals surface area (Å²) >= 11 is 5.22. The van der Waals surface area contributed by atoms with Crippen molar-refractivity contribution in [3.63, 3.8) is 0 Å². The Hall–Kier alpha value is -0.570. The lowest BCUT2D eigenvalue weighted by Gasteiger charge is -2.05. The van der Waals surface area contributed by atoms with E-state index in [4.69, 9.17) is 12.2 Å². The average Bonchev–Trinajstić information content (AvgIpc) is 2.88. The molecule has 1 aromatic heterocycles. The number of aryl methyl sites for hydroxylation is 1. The maximum Gasteiger partial charge on any atom is 0.177 e. The van der Waals surface area contributed by atoms with Gasteiger partial charge in [-0.3, -0.25) is 0 Å². The van der Waals surface area contributed by atoms with Gasteiger partial charge in [0.25, 0.3) is 0 Å². The highest BCUT2D eigenvalue weighted by Crippen LogP contribution is 2.32. The van der Waals surface area contributed by atoms with Gasteiger partial charge in [-0.2, -0.15) is 0 Å². The third-order valence-electron chi connectivity index (χ3n) is 2.77. The zero-order valence-electron chi connectivity index (χ0n) is 8.05. The highest BCUT2D eigenvalue weighted by molar-refractivity contribution is 7.71. The van der Waals surface area contributed by atoms with E-state index < -0.39 is 0 Å². The van der Waals surface area contributed by atoms with Crippen molar-refractivity contribution in [3.05, 3.63) is 16.7 Å². The smallest absolute Gasteiger partial charge is 0.177 e. The van der Waals surface area contributed by atoms with Gasteiger partial charge in [-0.25, -0.2) is 0 Å². The fraction of sp³-hybridized carbons (Fsp3) is 0.700. The average molecular weight is 196 g/mol. The number of rotatable bonds is 4. The molecule has 0 atom stereocenters. The lowest BCUT2D eigenvalue weighted by atomic mass is 10.3.